The number of hydrogen-bond acceptors (Lipinski definition) is 7. The molecular formula is C18H23N3O4. The molecule has 0 bridgehead atoms. The predicted molar refractivity (Wildman–Crippen MR) is 88.4 cm³/mol. The number of pyridine rings is 1. The summed E-state index contributed by atoms with van der Waals surface area (Å²) in [4.78, 5) is 38.4. The first-order valence-corrected chi connectivity index (χ1v) is 8.88. The van der Waals surface area contributed by atoms with E-state index in [1.165, 1.54) is 6.42 Å². The number of hydrogen-bond donors (Lipinski definition) is 0. The summed E-state index contributed by atoms with van der Waals surface area (Å²) >= 11 is 0. The molecule has 1 aromatic rings. The van der Waals surface area contributed by atoms with E-state index in [0.29, 0.717) is 11.2 Å². The lowest BCUT2D eigenvalue weighted by atomic mass is 9.90. The van der Waals surface area contributed by atoms with Crippen LogP contribution >= 0.6 is 0 Å². The van der Waals surface area contributed by atoms with Crippen LogP contribution in [-0.4, -0.2) is 35.8 Å². The predicted octanol–water partition coefficient (Wildman–Crippen LogP) is 1.20. The van der Waals surface area contributed by atoms with Gasteiger partial charge in [0.05, 0.1) is 18.9 Å². The zero-order chi connectivity index (χ0) is 17.9. The maximum atomic E-state index is 12.2. The molecule has 1 aliphatic carbocycles. The Morgan fingerprint density at radius 3 is 2.28 bits per heavy atom. The van der Waals surface area contributed by atoms with E-state index in [1.807, 2.05) is 0 Å². The quantitative estimate of drug-likeness (QED) is 0.591. The van der Waals surface area contributed by atoms with Gasteiger partial charge in [-0.15, -0.1) is 0 Å². The largest absolute Gasteiger partial charge is 0.465 e. The van der Waals surface area contributed by atoms with E-state index in [9.17, 15) is 9.59 Å². The number of carbonyl (C=O) groups is 2. The Bertz CT molecular complexity index is 766. The highest BCUT2D eigenvalue weighted by Gasteiger charge is 2.36. The van der Waals surface area contributed by atoms with Crippen molar-refractivity contribution in [2.45, 2.75) is 57.5 Å². The molecule has 1 aliphatic heterocycles. The second-order valence-electron chi connectivity index (χ2n) is 6.28. The number of ether oxygens (including phenoxy) is 2. The standard InChI is InChI=1S/C18H23N3O4/c1-3-24-16(22)14(17(23)25-4-2)12-8-9-13-15(19-12)21-18(20-13)10-6-5-7-11-18/h8-9,14H,3-7,10-11H2,1-2H3. The second-order valence-corrected chi connectivity index (χ2v) is 6.28. The van der Waals surface area contributed by atoms with E-state index >= 15 is 0 Å². The van der Waals surface area contributed by atoms with Crippen molar-refractivity contribution in [3.63, 3.8) is 0 Å². The van der Waals surface area contributed by atoms with E-state index in [4.69, 9.17) is 19.5 Å². The molecule has 0 amide bonds. The number of rotatable bonds is 5. The Balaban J connectivity index is 1.97. The van der Waals surface area contributed by atoms with Gasteiger partial charge in [0.15, 0.2) is 17.1 Å². The average Bonchev–Trinajstić information content (AvgIpc) is 2.93. The van der Waals surface area contributed by atoms with Crippen LogP contribution in [0.15, 0.2) is 22.1 Å². The third kappa shape index (κ3) is 3.55. The summed E-state index contributed by atoms with van der Waals surface area (Å²) in [7, 11) is 0. The first-order chi connectivity index (χ1) is 12.1. The minimum Gasteiger partial charge on any atom is -0.465 e. The van der Waals surface area contributed by atoms with Crippen molar-refractivity contribution in [2.75, 3.05) is 13.2 Å². The van der Waals surface area contributed by atoms with Crippen LogP contribution in [0.3, 0.4) is 0 Å². The SMILES string of the molecule is CCOC(=O)C(C(=O)OCC)c1ccc2c(n1)=NC1(CCCCC1)N=2. The summed E-state index contributed by atoms with van der Waals surface area (Å²) in [6, 6.07) is 3.41. The van der Waals surface area contributed by atoms with Gasteiger partial charge in [-0.25, -0.2) is 9.98 Å². The molecular weight excluding hydrogens is 322 g/mol. The first-order valence-electron chi connectivity index (χ1n) is 8.88. The summed E-state index contributed by atoms with van der Waals surface area (Å²) in [6.45, 7) is 3.75. The van der Waals surface area contributed by atoms with Gasteiger partial charge in [-0.05, 0) is 51.7 Å². The van der Waals surface area contributed by atoms with Gasteiger partial charge in [0.1, 0.15) is 5.36 Å². The van der Waals surface area contributed by atoms with E-state index < -0.39 is 23.5 Å². The fourth-order valence-corrected chi connectivity index (χ4v) is 3.36. The minimum absolute atomic E-state index is 0.183. The summed E-state index contributed by atoms with van der Waals surface area (Å²) in [6.07, 6.45) is 5.23. The fourth-order valence-electron chi connectivity index (χ4n) is 3.36. The molecule has 25 heavy (non-hydrogen) atoms. The zero-order valence-corrected chi connectivity index (χ0v) is 14.7. The van der Waals surface area contributed by atoms with Gasteiger partial charge in [0.25, 0.3) is 0 Å². The molecule has 0 unspecified atom stereocenters. The van der Waals surface area contributed by atoms with Gasteiger partial charge in [-0.2, -0.15) is 0 Å². The lowest BCUT2D eigenvalue weighted by molar-refractivity contribution is -0.157. The maximum absolute atomic E-state index is 12.2. The van der Waals surface area contributed by atoms with Crippen LogP contribution < -0.4 is 10.8 Å². The normalized spacial score (nSPS) is 17.6. The molecule has 0 saturated heterocycles. The molecule has 0 N–H and O–H groups in total. The van der Waals surface area contributed by atoms with Gasteiger partial charge in [-0.3, -0.25) is 14.6 Å². The van der Waals surface area contributed by atoms with Crippen molar-refractivity contribution in [3.8, 4) is 0 Å². The molecule has 2 aliphatic rings. The summed E-state index contributed by atoms with van der Waals surface area (Å²) in [5.74, 6) is -2.50. The van der Waals surface area contributed by atoms with Crippen LogP contribution in [0.2, 0.25) is 0 Å². The number of carbonyl (C=O) groups excluding carboxylic acids is 2. The van der Waals surface area contributed by atoms with Gasteiger partial charge in [0.2, 0.25) is 0 Å². The number of fused-ring (bicyclic) bond motifs is 1. The van der Waals surface area contributed by atoms with E-state index in [2.05, 4.69) is 4.98 Å². The van der Waals surface area contributed by atoms with Crippen molar-refractivity contribution >= 4 is 11.9 Å². The average molecular weight is 345 g/mol. The molecule has 7 heteroatoms. The summed E-state index contributed by atoms with van der Waals surface area (Å²) in [5.41, 5.74) is 0.385. The fraction of sp³-hybridized carbons (Fsp3) is 0.611. The Morgan fingerprint density at radius 2 is 1.68 bits per heavy atom. The highest BCUT2D eigenvalue weighted by Crippen LogP contribution is 2.33. The molecule has 1 spiro atoms. The third-order valence-electron chi connectivity index (χ3n) is 4.51. The lowest BCUT2D eigenvalue weighted by Crippen LogP contribution is -2.32. The van der Waals surface area contributed by atoms with Crippen LogP contribution in [-0.2, 0) is 19.1 Å². The van der Waals surface area contributed by atoms with Gasteiger partial charge >= 0.3 is 11.9 Å². The zero-order valence-electron chi connectivity index (χ0n) is 14.7. The molecule has 1 aromatic heterocycles. The molecule has 7 nitrogen and oxygen atoms in total. The lowest BCUT2D eigenvalue weighted by Gasteiger charge is -2.26. The van der Waals surface area contributed by atoms with Crippen molar-refractivity contribution < 1.29 is 19.1 Å². The Kier molecular flexibility index (Phi) is 5.11. The molecule has 1 fully saturated rings. The second kappa shape index (κ2) is 7.29. The van der Waals surface area contributed by atoms with Crippen molar-refractivity contribution in [2.24, 2.45) is 9.98 Å². The minimum atomic E-state index is -1.19. The van der Waals surface area contributed by atoms with E-state index in [1.54, 1.807) is 26.0 Å². The Hall–Kier alpha value is -2.31. The van der Waals surface area contributed by atoms with Crippen molar-refractivity contribution in [1.82, 2.24) is 4.98 Å². The van der Waals surface area contributed by atoms with Gasteiger partial charge in [-0.1, -0.05) is 6.42 Å². The topological polar surface area (TPSA) is 90.2 Å². The van der Waals surface area contributed by atoms with Crippen LogP contribution in [0, 0.1) is 0 Å². The van der Waals surface area contributed by atoms with E-state index in [-0.39, 0.29) is 13.2 Å². The highest BCUT2D eigenvalue weighted by atomic mass is 16.6. The molecule has 2 heterocycles. The van der Waals surface area contributed by atoms with Crippen LogP contribution in [0.1, 0.15) is 57.6 Å². The highest BCUT2D eigenvalue weighted by molar-refractivity contribution is 6.00. The number of nitrogens with zero attached hydrogens (tertiary/aromatic N) is 3. The number of aromatic nitrogens is 1. The first kappa shape index (κ1) is 17.5. The molecule has 1 saturated carbocycles. The Morgan fingerprint density at radius 1 is 1.04 bits per heavy atom. The summed E-state index contributed by atoms with van der Waals surface area (Å²) in [5, 5.41) is 0.720. The monoisotopic (exact) mass is 345 g/mol. The van der Waals surface area contributed by atoms with Crippen LogP contribution in [0.5, 0.6) is 0 Å². The third-order valence-corrected chi connectivity index (χ3v) is 4.51. The van der Waals surface area contributed by atoms with Crippen molar-refractivity contribution in [3.05, 3.63) is 28.7 Å². The van der Waals surface area contributed by atoms with Crippen LogP contribution in [0.4, 0.5) is 0 Å². The summed E-state index contributed by atoms with van der Waals surface area (Å²) < 4.78 is 10.0. The molecule has 134 valence electrons. The smallest absolute Gasteiger partial charge is 0.326 e. The molecule has 0 radical (unpaired) electrons. The number of esters is 2. The maximum Gasteiger partial charge on any atom is 0.326 e. The molecule has 0 aromatic carbocycles. The van der Waals surface area contributed by atoms with Crippen LogP contribution in [0.25, 0.3) is 0 Å². The molecule has 3 rings (SSSR count). The van der Waals surface area contributed by atoms with Gasteiger partial charge < -0.3 is 9.47 Å². The Labute approximate surface area is 146 Å². The molecule has 0 atom stereocenters. The van der Waals surface area contributed by atoms with Gasteiger partial charge in [0, 0.05) is 0 Å². The van der Waals surface area contributed by atoms with Crippen molar-refractivity contribution in [1.29, 1.82) is 0 Å². The van der Waals surface area contributed by atoms with E-state index in [0.717, 1.165) is 31.0 Å².